The molecule has 0 radical (unpaired) electrons. The van der Waals surface area contributed by atoms with Crippen LogP contribution in [-0.2, 0) is 11.2 Å². The maximum absolute atomic E-state index is 12.5. The van der Waals surface area contributed by atoms with Gasteiger partial charge in [-0.25, -0.2) is 0 Å². The van der Waals surface area contributed by atoms with Crippen molar-refractivity contribution in [1.29, 1.82) is 0 Å². The first-order valence-corrected chi connectivity index (χ1v) is 8.57. The Morgan fingerprint density at radius 2 is 2.17 bits per heavy atom. The molecule has 4 heterocycles. The second-order valence-electron chi connectivity index (χ2n) is 6.76. The van der Waals surface area contributed by atoms with E-state index in [4.69, 9.17) is 8.94 Å². The molecule has 7 heteroatoms. The topological polar surface area (TPSA) is 84.4 Å². The predicted molar refractivity (Wildman–Crippen MR) is 86.1 cm³/mol. The van der Waals surface area contributed by atoms with Crippen molar-refractivity contribution >= 4 is 5.91 Å². The summed E-state index contributed by atoms with van der Waals surface area (Å²) in [6.45, 7) is 0. The Morgan fingerprint density at radius 3 is 2.88 bits per heavy atom. The fourth-order valence-electron chi connectivity index (χ4n) is 3.80. The molecular weight excluding hydrogens is 308 g/mol. The Hall–Kier alpha value is -2.15. The third kappa shape index (κ3) is 3.08. The highest BCUT2D eigenvalue weighted by Gasteiger charge is 2.36. The minimum atomic E-state index is 0.138. The van der Waals surface area contributed by atoms with Crippen molar-refractivity contribution in [2.75, 3.05) is 7.05 Å². The highest BCUT2D eigenvalue weighted by molar-refractivity contribution is 5.76. The third-order valence-corrected chi connectivity index (χ3v) is 5.15. The average molecular weight is 330 g/mol. The number of hydrogen-bond acceptors (Lipinski definition) is 6. The molecule has 2 aliphatic rings. The van der Waals surface area contributed by atoms with Gasteiger partial charge in [0.15, 0.2) is 5.76 Å². The molecule has 2 unspecified atom stereocenters. The summed E-state index contributed by atoms with van der Waals surface area (Å²) in [6, 6.07) is 5.05. The van der Waals surface area contributed by atoms with Crippen molar-refractivity contribution in [1.82, 2.24) is 20.4 Å². The average Bonchev–Trinajstić information content (AvgIpc) is 3.32. The van der Waals surface area contributed by atoms with E-state index in [1.165, 1.54) is 12.8 Å². The van der Waals surface area contributed by atoms with Gasteiger partial charge in [-0.3, -0.25) is 4.79 Å². The minimum absolute atomic E-state index is 0.138. The van der Waals surface area contributed by atoms with Crippen molar-refractivity contribution in [2.45, 2.75) is 56.7 Å². The van der Waals surface area contributed by atoms with E-state index in [0.29, 0.717) is 48.4 Å². The van der Waals surface area contributed by atoms with E-state index in [-0.39, 0.29) is 5.91 Å². The lowest BCUT2D eigenvalue weighted by atomic mass is 9.98. The largest absolute Gasteiger partial charge is 0.461 e. The summed E-state index contributed by atoms with van der Waals surface area (Å²) in [4.78, 5) is 18.7. The number of piperidine rings is 1. The molecule has 2 fully saturated rings. The summed E-state index contributed by atoms with van der Waals surface area (Å²) in [7, 11) is 1.92. The van der Waals surface area contributed by atoms with Gasteiger partial charge >= 0.3 is 0 Å². The zero-order valence-corrected chi connectivity index (χ0v) is 13.8. The second-order valence-corrected chi connectivity index (χ2v) is 6.76. The molecular formula is C17H22N4O3. The molecule has 0 aliphatic carbocycles. The van der Waals surface area contributed by atoms with Crippen LogP contribution in [0.4, 0.5) is 0 Å². The van der Waals surface area contributed by atoms with Gasteiger partial charge < -0.3 is 19.2 Å². The van der Waals surface area contributed by atoms with Crippen molar-refractivity contribution in [3.63, 3.8) is 0 Å². The van der Waals surface area contributed by atoms with Gasteiger partial charge in [-0.05, 0) is 37.8 Å². The third-order valence-electron chi connectivity index (χ3n) is 5.15. The molecule has 2 aromatic rings. The number of hydrogen-bond donors (Lipinski definition) is 1. The Labute approximate surface area is 140 Å². The minimum Gasteiger partial charge on any atom is -0.461 e. The van der Waals surface area contributed by atoms with E-state index in [0.717, 1.165) is 12.8 Å². The Morgan fingerprint density at radius 1 is 1.38 bits per heavy atom. The van der Waals surface area contributed by atoms with Gasteiger partial charge in [0.2, 0.25) is 17.6 Å². The van der Waals surface area contributed by atoms with Gasteiger partial charge in [0, 0.05) is 38.0 Å². The zero-order valence-electron chi connectivity index (χ0n) is 13.8. The summed E-state index contributed by atoms with van der Waals surface area (Å²) in [5.74, 6) is 1.59. The van der Waals surface area contributed by atoms with Crippen molar-refractivity contribution in [3.8, 4) is 11.6 Å². The van der Waals surface area contributed by atoms with Gasteiger partial charge in [-0.2, -0.15) is 4.98 Å². The van der Waals surface area contributed by atoms with Crippen LogP contribution in [0.15, 0.2) is 27.3 Å². The Bertz CT molecular complexity index is 685. The SMILES string of the molecule is CN(C(=O)CCc1nc(-c2ccco2)no1)C1CC2CCC(C1)N2. The number of nitrogens with zero attached hydrogens (tertiary/aromatic N) is 3. The van der Waals surface area contributed by atoms with E-state index < -0.39 is 0 Å². The van der Waals surface area contributed by atoms with Crippen LogP contribution in [0.25, 0.3) is 11.6 Å². The normalized spacial score (nSPS) is 25.8. The Balaban J connectivity index is 1.31. The number of carbonyl (C=O) groups excluding carboxylic acids is 1. The van der Waals surface area contributed by atoms with Crippen molar-refractivity contribution in [2.24, 2.45) is 0 Å². The number of aromatic nitrogens is 2. The summed E-state index contributed by atoms with van der Waals surface area (Å²) in [6.07, 6.45) is 6.99. The maximum atomic E-state index is 12.5. The number of nitrogens with one attached hydrogen (secondary N) is 1. The summed E-state index contributed by atoms with van der Waals surface area (Å²) in [5.41, 5.74) is 0. The number of furan rings is 1. The fraction of sp³-hybridized carbons (Fsp3) is 0.588. The molecule has 128 valence electrons. The van der Waals surface area contributed by atoms with Crippen LogP contribution in [0.2, 0.25) is 0 Å². The van der Waals surface area contributed by atoms with Crippen LogP contribution in [0.3, 0.4) is 0 Å². The number of fused-ring (bicyclic) bond motifs is 2. The zero-order chi connectivity index (χ0) is 16.5. The number of carbonyl (C=O) groups is 1. The summed E-state index contributed by atoms with van der Waals surface area (Å²) >= 11 is 0. The lowest BCUT2D eigenvalue weighted by Gasteiger charge is -2.35. The maximum Gasteiger partial charge on any atom is 0.238 e. The number of aryl methyl sites for hydroxylation is 1. The Kier molecular flexibility index (Phi) is 4.10. The molecule has 0 aromatic carbocycles. The van der Waals surface area contributed by atoms with Crippen LogP contribution in [0.5, 0.6) is 0 Å². The molecule has 0 spiro atoms. The smallest absolute Gasteiger partial charge is 0.238 e. The molecule has 2 atom stereocenters. The molecule has 2 aromatic heterocycles. The fourth-order valence-corrected chi connectivity index (χ4v) is 3.80. The summed E-state index contributed by atoms with van der Waals surface area (Å²) < 4.78 is 10.4. The molecule has 24 heavy (non-hydrogen) atoms. The standard InChI is InChI=1S/C17H22N4O3/c1-21(13-9-11-4-5-12(10-13)18-11)16(22)7-6-15-19-17(20-24-15)14-3-2-8-23-14/h2-3,8,11-13,18H,4-7,9-10H2,1H3. The first-order chi connectivity index (χ1) is 11.7. The van der Waals surface area contributed by atoms with Crippen LogP contribution in [0.1, 0.15) is 38.0 Å². The number of rotatable bonds is 5. The molecule has 4 rings (SSSR count). The first kappa shape index (κ1) is 15.4. The molecule has 0 saturated carbocycles. The van der Waals surface area contributed by atoms with E-state index >= 15 is 0 Å². The van der Waals surface area contributed by atoms with Crippen LogP contribution in [0, 0.1) is 0 Å². The molecule has 2 bridgehead atoms. The van der Waals surface area contributed by atoms with Gasteiger partial charge in [0.25, 0.3) is 0 Å². The van der Waals surface area contributed by atoms with E-state index in [1.807, 2.05) is 11.9 Å². The van der Waals surface area contributed by atoms with Gasteiger partial charge in [0.05, 0.1) is 6.26 Å². The van der Waals surface area contributed by atoms with Crippen LogP contribution in [-0.4, -0.2) is 46.1 Å². The molecule has 7 nitrogen and oxygen atoms in total. The predicted octanol–water partition coefficient (Wildman–Crippen LogP) is 2.00. The van der Waals surface area contributed by atoms with Crippen molar-refractivity contribution in [3.05, 3.63) is 24.3 Å². The van der Waals surface area contributed by atoms with Gasteiger partial charge in [-0.1, -0.05) is 5.16 Å². The summed E-state index contributed by atoms with van der Waals surface area (Å²) in [5, 5.41) is 7.49. The number of amides is 1. The lowest BCUT2D eigenvalue weighted by Crippen LogP contribution is -2.48. The monoisotopic (exact) mass is 330 g/mol. The van der Waals surface area contributed by atoms with Crippen LogP contribution < -0.4 is 5.32 Å². The molecule has 2 saturated heterocycles. The van der Waals surface area contributed by atoms with Crippen molar-refractivity contribution < 1.29 is 13.7 Å². The highest BCUT2D eigenvalue weighted by atomic mass is 16.5. The molecule has 2 aliphatic heterocycles. The lowest BCUT2D eigenvalue weighted by molar-refractivity contribution is -0.132. The molecule has 1 amide bonds. The molecule has 1 N–H and O–H groups in total. The second kappa shape index (κ2) is 6.39. The van der Waals surface area contributed by atoms with Crippen LogP contribution >= 0.6 is 0 Å². The first-order valence-electron chi connectivity index (χ1n) is 8.57. The van der Waals surface area contributed by atoms with Gasteiger partial charge in [0.1, 0.15) is 0 Å². The highest BCUT2D eigenvalue weighted by Crippen LogP contribution is 2.29. The quantitative estimate of drug-likeness (QED) is 0.903. The van der Waals surface area contributed by atoms with Gasteiger partial charge in [-0.15, -0.1) is 0 Å². The van der Waals surface area contributed by atoms with E-state index in [2.05, 4.69) is 15.5 Å². The van der Waals surface area contributed by atoms with E-state index in [1.54, 1.807) is 18.4 Å². The van der Waals surface area contributed by atoms with E-state index in [9.17, 15) is 4.79 Å².